The van der Waals surface area contributed by atoms with Gasteiger partial charge in [0.25, 0.3) is 0 Å². The molecular formula is C18H24N+. The van der Waals surface area contributed by atoms with Crippen LogP contribution in [0.1, 0.15) is 56.4 Å². The number of hydrogen-bond donors (Lipinski definition) is 0. The molecule has 1 aromatic carbocycles. The van der Waals surface area contributed by atoms with Crippen LogP contribution in [0, 0.1) is 13.8 Å². The molecule has 1 nitrogen and oxygen atoms in total. The monoisotopic (exact) mass is 264 g/mol. The summed E-state index contributed by atoms with van der Waals surface area (Å²) in [5, 5.41) is 0. The predicted molar refractivity (Wildman–Crippen MR) is 81.2 cm³/mol. The summed E-state index contributed by atoms with van der Waals surface area (Å²) < 4.78 is 78.3. The Hall–Kier alpha value is -1.63. The minimum atomic E-state index is -2.82. The number of aromatic nitrogens is 1. The molecule has 0 saturated heterocycles. The smallest absolute Gasteiger partial charge is 0.201 e. The zero-order valence-electron chi connectivity index (χ0n) is 21.1. The molecule has 1 atom stereocenters. The van der Waals surface area contributed by atoms with Gasteiger partial charge < -0.3 is 0 Å². The van der Waals surface area contributed by atoms with Gasteiger partial charge in [0.2, 0.25) is 5.69 Å². The fraction of sp³-hybridized carbons (Fsp3) is 0.389. The van der Waals surface area contributed by atoms with Crippen molar-refractivity contribution in [2.24, 2.45) is 7.05 Å². The van der Waals surface area contributed by atoms with E-state index in [9.17, 15) is 0 Å². The molecule has 0 aliphatic heterocycles. The first-order valence-corrected chi connectivity index (χ1v) is 6.07. The molecule has 0 aliphatic carbocycles. The normalized spacial score (nSPS) is 23.9. The van der Waals surface area contributed by atoms with E-state index in [4.69, 9.17) is 13.7 Å². The topological polar surface area (TPSA) is 3.88 Å². The van der Waals surface area contributed by atoms with Gasteiger partial charge in [-0.1, -0.05) is 25.8 Å². The third-order valence-electron chi connectivity index (χ3n) is 3.16. The SMILES string of the molecule is [2H]C([2H])([2H])CC([2H])(c1ccc(-c2ccc(C([2H])([2H])[2H])c[n+]2C)c(C)c1)C([2H])([2H])[2H]. The van der Waals surface area contributed by atoms with Crippen molar-refractivity contribution in [2.45, 2.75) is 39.8 Å². The van der Waals surface area contributed by atoms with Crippen molar-refractivity contribution < 1.29 is 18.3 Å². The van der Waals surface area contributed by atoms with Crippen molar-refractivity contribution in [1.82, 2.24) is 0 Å². The molecule has 19 heavy (non-hydrogen) atoms. The van der Waals surface area contributed by atoms with Crippen LogP contribution in [0.3, 0.4) is 0 Å². The Bertz CT molecular complexity index is 895. The molecule has 1 heteroatoms. The van der Waals surface area contributed by atoms with Crippen molar-refractivity contribution >= 4 is 0 Å². The largest absolute Gasteiger partial charge is 0.212 e. The summed E-state index contributed by atoms with van der Waals surface area (Å²) in [6, 6.07) is 7.82. The third kappa shape index (κ3) is 2.86. The van der Waals surface area contributed by atoms with E-state index in [0.29, 0.717) is 11.3 Å². The van der Waals surface area contributed by atoms with E-state index >= 15 is 0 Å². The summed E-state index contributed by atoms with van der Waals surface area (Å²) in [6.45, 7) is -5.87. The Morgan fingerprint density at radius 3 is 2.84 bits per heavy atom. The van der Waals surface area contributed by atoms with Gasteiger partial charge in [0, 0.05) is 30.9 Å². The van der Waals surface area contributed by atoms with Gasteiger partial charge >= 0.3 is 0 Å². The van der Waals surface area contributed by atoms with Crippen LogP contribution in [0.25, 0.3) is 11.3 Å². The van der Waals surface area contributed by atoms with Crippen LogP contribution in [0.5, 0.6) is 0 Å². The van der Waals surface area contributed by atoms with Crippen molar-refractivity contribution in [2.75, 3.05) is 0 Å². The predicted octanol–water partition coefficient (Wildman–Crippen LogP) is 4.31. The first-order valence-electron chi connectivity index (χ1n) is 11.1. The average molecular weight is 264 g/mol. The average Bonchev–Trinajstić information content (AvgIpc) is 2.51. The Balaban J connectivity index is 2.55. The summed E-state index contributed by atoms with van der Waals surface area (Å²) >= 11 is 0. The summed E-state index contributed by atoms with van der Waals surface area (Å²) in [7, 11) is 1.71. The molecule has 0 amide bonds. The highest BCUT2D eigenvalue weighted by atomic mass is 14.9. The highest BCUT2D eigenvalue weighted by Gasteiger charge is 2.13. The standard InChI is InChI=1S/C18H24N/c1-6-14(3)16-8-9-17(15(4)11-16)18-10-7-13(2)12-19(18)5/h7-12,14H,6H2,1-5H3/q+1/i1D3,2D3,3D3,14D. The third-order valence-corrected chi connectivity index (χ3v) is 3.16. The summed E-state index contributed by atoms with van der Waals surface area (Å²) in [5.74, 6) is -2.27. The molecule has 0 aliphatic rings. The molecule has 0 bridgehead atoms. The van der Waals surface area contributed by atoms with Crippen molar-refractivity contribution in [1.29, 1.82) is 0 Å². The van der Waals surface area contributed by atoms with Crippen LogP contribution in [0.4, 0.5) is 0 Å². The fourth-order valence-electron chi connectivity index (χ4n) is 2.13. The lowest BCUT2D eigenvalue weighted by Gasteiger charge is -2.12. The number of rotatable bonds is 3. The van der Waals surface area contributed by atoms with Gasteiger partial charge in [0.15, 0.2) is 6.20 Å². The van der Waals surface area contributed by atoms with Gasteiger partial charge in [-0.2, -0.15) is 0 Å². The van der Waals surface area contributed by atoms with Gasteiger partial charge in [-0.15, -0.1) is 0 Å². The molecule has 100 valence electrons. The molecule has 1 unspecified atom stereocenters. The lowest BCUT2D eigenvalue weighted by Crippen LogP contribution is -2.31. The molecule has 0 N–H and O–H groups in total. The second kappa shape index (κ2) is 5.56. The van der Waals surface area contributed by atoms with Crippen molar-refractivity contribution in [3.63, 3.8) is 0 Å². The molecule has 2 rings (SSSR count). The number of aryl methyl sites for hydroxylation is 3. The minimum absolute atomic E-state index is 0.108. The number of hydrogen-bond acceptors (Lipinski definition) is 0. The highest BCUT2D eigenvalue weighted by Crippen LogP contribution is 2.26. The van der Waals surface area contributed by atoms with E-state index < -0.39 is 32.9 Å². The van der Waals surface area contributed by atoms with E-state index in [1.165, 1.54) is 24.4 Å². The van der Waals surface area contributed by atoms with E-state index in [1.807, 2.05) is 0 Å². The van der Waals surface area contributed by atoms with Crippen molar-refractivity contribution in [3.8, 4) is 11.3 Å². The second-order valence-corrected chi connectivity index (χ2v) is 4.60. The van der Waals surface area contributed by atoms with E-state index in [2.05, 4.69) is 0 Å². The van der Waals surface area contributed by atoms with E-state index in [0.717, 1.165) is 5.56 Å². The lowest BCUT2D eigenvalue weighted by molar-refractivity contribution is -0.660. The molecular weight excluding hydrogens is 230 g/mol. The Kier molecular flexibility index (Phi) is 1.69. The van der Waals surface area contributed by atoms with Gasteiger partial charge in [-0.25, -0.2) is 4.57 Å². The van der Waals surface area contributed by atoms with Crippen LogP contribution in [-0.4, -0.2) is 0 Å². The van der Waals surface area contributed by atoms with Gasteiger partial charge in [-0.05, 0) is 49.4 Å². The number of pyridine rings is 1. The fourth-order valence-corrected chi connectivity index (χ4v) is 2.13. The first-order chi connectivity index (χ1) is 13.0. The van der Waals surface area contributed by atoms with Gasteiger partial charge in [0.1, 0.15) is 7.05 Å². The summed E-state index contributed by atoms with van der Waals surface area (Å²) in [5.41, 5.74) is 2.41. The molecule has 2 aromatic rings. The van der Waals surface area contributed by atoms with Crippen LogP contribution in [0.2, 0.25) is 0 Å². The van der Waals surface area contributed by atoms with Crippen LogP contribution in [-0.2, 0) is 7.05 Å². The van der Waals surface area contributed by atoms with Gasteiger partial charge in [-0.3, -0.25) is 0 Å². The van der Waals surface area contributed by atoms with E-state index in [1.54, 1.807) is 30.7 Å². The maximum absolute atomic E-state index is 8.49. The Labute approximate surface area is 131 Å². The molecule has 0 saturated carbocycles. The minimum Gasteiger partial charge on any atom is -0.201 e. The molecule has 0 spiro atoms. The quantitative estimate of drug-likeness (QED) is 0.727. The van der Waals surface area contributed by atoms with Gasteiger partial charge in [0.05, 0.1) is 0 Å². The molecule has 0 fully saturated rings. The maximum Gasteiger partial charge on any atom is 0.212 e. The maximum atomic E-state index is 8.49. The van der Waals surface area contributed by atoms with Crippen LogP contribution < -0.4 is 4.57 Å². The molecule has 1 heterocycles. The molecule has 1 aromatic heterocycles. The number of benzene rings is 1. The summed E-state index contributed by atoms with van der Waals surface area (Å²) in [4.78, 5) is 0. The Morgan fingerprint density at radius 2 is 2.21 bits per heavy atom. The van der Waals surface area contributed by atoms with Crippen LogP contribution in [0.15, 0.2) is 36.5 Å². The zero-order valence-corrected chi connectivity index (χ0v) is 11.1. The zero-order chi connectivity index (χ0) is 22.4. The second-order valence-electron chi connectivity index (χ2n) is 4.60. The summed E-state index contributed by atoms with van der Waals surface area (Å²) in [6.07, 6.45) is 0.720. The highest BCUT2D eigenvalue weighted by molar-refractivity contribution is 5.61. The molecule has 0 radical (unpaired) electrons. The van der Waals surface area contributed by atoms with E-state index in [-0.39, 0.29) is 11.1 Å². The van der Waals surface area contributed by atoms with Crippen LogP contribution >= 0.6 is 0 Å². The number of nitrogens with zero attached hydrogens (tertiary/aromatic N) is 1. The van der Waals surface area contributed by atoms with Crippen molar-refractivity contribution in [3.05, 3.63) is 53.2 Å². The first kappa shape index (κ1) is 5.78. The Morgan fingerprint density at radius 1 is 1.32 bits per heavy atom. The lowest BCUT2D eigenvalue weighted by atomic mass is 9.94.